The first-order valence-corrected chi connectivity index (χ1v) is 7.04. The largest absolute Gasteiger partial charge is 0.493 e. The van der Waals surface area contributed by atoms with E-state index >= 15 is 0 Å². The smallest absolute Gasteiger partial charge is 0.269 e. The molecule has 0 aliphatic rings. The van der Waals surface area contributed by atoms with E-state index in [0.717, 1.165) is 10.2 Å². The molecule has 0 unspecified atom stereocenters. The van der Waals surface area contributed by atoms with Crippen LogP contribution in [0.5, 0.6) is 11.5 Å². The van der Waals surface area contributed by atoms with Gasteiger partial charge in [0, 0.05) is 6.54 Å². The number of hydrogen-bond donors (Lipinski definition) is 0. The Balaban J connectivity index is 2.56. The summed E-state index contributed by atoms with van der Waals surface area (Å²) in [6.45, 7) is 6.46. The Hall–Kier alpha value is -2.01. The van der Waals surface area contributed by atoms with Gasteiger partial charge in [-0.1, -0.05) is 12.6 Å². The molecule has 0 saturated carbocycles. The van der Waals surface area contributed by atoms with Crippen LogP contribution in [0.3, 0.4) is 0 Å². The van der Waals surface area contributed by atoms with E-state index in [9.17, 15) is 4.79 Å². The van der Waals surface area contributed by atoms with Crippen LogP contribution >= 0.6 is 11.3 Å². The molecule has 0 spiro atoms. The van der Waals surface area contributed by atoms with E-state index in [0.29, 0.717) is 22.6 Å². The van der Waals surface area contributed by atoms with Crippen LogP contribution < -0.4 is 24.2 Å². The highest BCUT2D eigenvalue weighted by Gasteiger charge is 2.05. The molecule has 0 saturated heterocycles. The van der Waals surface area contributed by atoms with Gasteiger partial charge in [0.25, 0.3) is 5.56 Å². The second-order valence-electron chi connectivity index (χ2n) is 4.17. The fraction of sp³-hybridized carbons (Fsp3) is 0.267. The van der Waals surface area contributed by atoms with Crippen LogP contribution in [0.2, 0.25) is 0 Å². The summed E-state index contributed by atoms with van der Waals surface area (Å²) in [4.78, 5) is 12.1. The van der Waals surface area contributed by atoms with Crippen LogP contribution in [0, 0.1) is 0 Å². The third kappa shape index (κ3) is 2.63. The molecule has 1 heterocycles. The van der Waals surface area contributed by atoms with Gasteiger partial charge < -0.3 is 9.47 Å². The lowest BCUT2D eigenvalue weighted by atomic mass is 10.2. The molecule has 1 aromatic heterocycles. The van der Waals surface area contributed by atoms with Crippen molar-refractivity contribution in [2.45, 2.75) is 13.5 Å². The third-order valence-corrected chi connectivity index (χ3v) is 3.97. The summed E-state index contributed by atoms with van der Waals surface area (Å²) in [7, 11) is 3.18. The van der Waals surface area contributed by atoms with Crippen LogP contribution in [0.1, 0.15) is 12.5 Å². The minimum Gasteiger partial charge on any atom is -0.493 e. The summed E-state index contributed by atoms with van der Waals surface area (Å²) in [5, 5.41) is 0. The minimum atomic E-state index is -0.00251. The van der Waals surface area contributed by atoms with Crippen molar-refractivity contribution in [3.63, 3.8) is 0 Å². The van der Waals surface area contributed by atoms with Crippen molar-refractivity contribution in [1.82, 2.24) is 4.57 Å². The molecule has 5 heteroatoms. The second-order valence-corrected chi connectivity index (χ2v) is 5.28. The van der Waals surface area contributed by atoms with Gasteiger partial charge >= 0.3 is 0 Å². The summed E-state index contributed by atoms with van der Waals surface area (Å²) < 4.78 is 13.6. The summed E-state index contributed by atoms with van der Waals surface area (Å²) in [6.07, 6.45) is 1.84. The minimum absolute atomic E-state index is 0.00251. The number of benzene rings is 1. The predicted molar refractivity (Wildman–Crippen MR) is 82.1 cm³/mol. The molecule has 106 valence electrons. The predicted octanol–water partition coefficient (Wildman–Crippen LogP) is 1.19. The van der Waals surface area contributed by atoms with Gasteiger partial charge in [-0.3, -0.25) is 9.36 Å². The van der Waals surface area contributed by atoms with E-state index in [2.05, 4.69) is 6.58 Å². The number of thiazole rings is 1. The van der Waals surface area contributed by atoms with E-state index in [1.165, 1.54) is 11.3 Å². The van der Waals surface area contributed by atoms with Crippen LogP contribution in [0.4, 0.5) is 0 Å². The van der Waals surface area contributed by atoms with Crippen LogP contribution in [-0.4, -0.2) is 18.8 Å². The van der Waals surface area contributed by atoms with E-state index in [4.69, 9.17) is 9.47 Å². The maximum atomic E-state index is 12.1. The zero-order valence-electron chi connectivity index (χ0n) is 11.8. The highest BCUT2D eigenvalue weighted by Crippen LogP contribution is 2.27. The van der Waals surface area contributed by atoms with E-state index in [1.807, 2.05) is 31.2 Å². The van der Waals surface area contributed by atoms with E-state index in [1.54, 1.807) is 18.8 Å². The highest BCUT2D eigenvalue weighted by atomic mass is 32.1. The van der Waals surface area contributed by atoms with Crippen molar-refractivity contribution in [1.29, 1.82) is 0 Å². The third-order valence-electron chi connectivity index (χ3n) is 3.01. The Labute approximate surface area is 121 Å². The number of ether oxygens (including phenoxy) is 2. The van der Waals surface area contributed by atoms with Crippen molar-refractivity contribution in [2.75, 3.05) is 14.2 Å². The second kappa shape index (κ2) is 5.96. The lowest BCUT2D eigenvalue weighted by molar-refractivity contribution is 0.355. The van der Waals surface area contributed by atoms with Gasteiger partial charge in [0.1, 0.15) is 0 Å². The average molecular weight is 291 g/mol. The summed E-state index contributed by atoms with van der Waals surface area (Å²) in [5.41, 5.74) is 0.890. The highest BCUT2D eigenvalue weighted by molar-refractivity contribution is 7.07. The zero-order chi connectivity index (χ0) is 14.7. The van der Waals surface area contributed by atoms with Gasteiger partial charge in [-0.05, 0) is 30.7 Å². The molecular formula is C15H17NO3S. The van der Waals surface area contributed by atoms with E-state index in [-0.39, 0.29) is 5.56 Å². The molecule has 0 fully saturated rings. The Bertz CT molecular complexity index is 773. The first-order valence-electron chi connectivity index (χ1n) is 6.23. The molecular weight excluding hydrogens is 274 g/mol. The zero-order valence-corrected chi connectivity index (χ0v) is 12.6. The van der Waals surface area contributed by atoms with Gasteiger partial charge in [0.15, 0.2) is 11.5 Å². The van der Waals surface area contributed by atoms with Gasteiger partial charge in [-0.25, -0.2) is 0 Å². The molecule has 0 amide bonds. The maximum Gasteiger partial charge on any atom is 0.269 e. The van der Waals surface area contributed by atoms with Crippen molar-refractivity contribution >= 4 is 24.0 Å². The fourth-order valence-electron chi connectivity index (χ4n) is 1.98. The normalized spacial score (nSPS) is 11.7. The molecule has 2 aromatic rings. The summed E-state index contributed by atoms with van der Waals surface area (Å²) in [6, 6.07) is 5.55. The molecule has 0 atom stereocenters. The molecule has 0 aliphatic carbocycles. The lowest BCUT2D eigenvalue weighted by Gasteiger charge is -2.07. The summed E-state index contributed by atoms with van der Waals surface area (Å²) >= 11 is 1.40. The van der Waals surface area contributed by atoms with Crippen molar-refractivity contribution in [2.24, 2.45) is 0 Å². The van der Waals surface area contributed by atoms with Crippen molar-refractivity contribution < 1.29 is 9.47 Å². The van der Waals surface area contributed by atoms with E-state index < -0.39 is 0 Å². The van der Waals surface area contributed by atoms with Crippen LogP contribution in [0.15, 0.2) is 23.0 Å². The van der Waals surface area contributed by atoms with Crippen molar-refractivity contribution in [3.05, 3.63) is 43.3 Å². The maximum absolute atomic E-state index is 12.1. The quantitative estimate of drug-likeness (QED) is 0.849. The molecule has 0 N–H and O–H groups in total. The Morgan fingerprint density at radius 2 is 2.00 bits per heavy atom. The van der Waals surface area contributed by atoms with Gasteiger partial charge in [0.05, 0.1) is 23.4 Å². The van der Waals surface area contributed by atoms with Crippen molar-refractivity contribution in [3.8, 4) is 11.5 Å². The fourth-order valence-corrected chi connectivity index (χ4v) is 2.95. The van der Waals surface area contributed by atoms with Gasteiger partial charge in [-0.15, -0.1) is 11.3 Å². The van der Waals surface area contributed by atoms with Crippen LogP contribution in [0.25, 0.3) is 12.7 Å². The lowest BCUT2D eigenvalue weighted by Crippen LogP contribution is -2.30. The standard InChI is InChI=1S/C15H17NO3S/c1-5-16-10(2)20-14(15(16)17)9-11-6-7-12(18-3)13(8-11)19-4/h6-9H,2,5H2,1,3-4H3/b14-9+. The molecule has 0 bridgehead atoms. The Kier molecular flexibility index (Phi) is 4.29. The number of rotatable bonds is 4. The number of aromatic nitrogens is 1. The van der Waals surface area contributed by atoms with Crippen LogP contribution in [-0.2, 0) is 6.54 Å². The Morgan fingerprint density at radius 3 is 2.55 bits per heavy atom. The molecule has 1 aromatic carbocycles. The Morgan fingerprint density at radius 1 is 1.30 bits per heavy atom. The molecule has 0 radical (unpaired) electrons. The average Bonchev–Trinajstić information content (AvgIpc) is 2.72. The first-order chi connectivity index (χ1) is 9.60. The monoisotopic (exact) mass is 291 g/mol. The van der Waals surface area contributed by atoms with Gasteiger partial charge in [0.2, 0.25) is 0 Å². The summed E-state index contributed by atoms with van der Waals surface area (Å²) in [5.74, 6) is 1.31. The molecule has 2 rings (SSSR count). The number of nitrogens with zero attached hydrogens (tertiary/aromatic N) is 1. The SMILES string of the molecule is C=c1s/c(=C/c2ccc(OC)c(OC)c2)c(=O)n1CC. The topological polar surface area (TPSA) is 40.5 Å². The molecule has 0 aliphatic heterocycles. The molecule has 4 nitrogen and oxygen atoms in total. The van der Waals surface area contributed by atoms with Gasteiger partial charge in [-0.2, -0.15) is 0 Å². The number of hydrogen-bond acceptors (Lipinski definition) is 4. The first kappa shape index (κ1) is 14.4. The molecule has 20 heavy (non-hydrogen) atoms. The number of methoxy groups -OCH3 is 2.